The number of pyridine rings is 1. The third-order valence-corrected chi connectivity index (χ3v) is 6.33. The highest BCUT2D eigenvalue weighted by Crippen LogP contribution is 2.34. The van der Waals surface area contributed by atoms with Gasteiger partial charge in [0.2, 0.25) is 5.91 Å². The van der Waals surface area contributed by atoms with Crippen LogP contribution < -0.4 is 5.32 Å². The van der Waals surface area contributed by atoms with Crippen LogP contribution in [0.25, 0.3) is 11.0 Å². The first-order chi connectivity index (χ1) is 13.7. The highest BCUT2D eigenvalue weighted by Gasteiger charge is 2.29. The number of nitrogens with one attached hydrogen (secondary N) is 2. The third-order valence-electron chi connectivity index (χ3n) is 6.33. The second-order valence-corrected chi connectivity index (χ2v) is 8.22. The van der Waals surface area contributed by atoms with E-state index in [-0.39, 0.29) is 11.8 Å². The second kappa shape index (κ2) is 7.04. The summed E-state index contributed by atoms with van der Waals surface area (Å²) in [6.45, 7) is 2.84. The Morgan fingerprint density at radius 1 is 1.18 bits per heavy atom. The number of nitrogens with zero attached hydrogens (tertiary/aromatic N) is 4. The number of carbonyl (C=O) groups excluding carboxylic acids is 1. The molecule has 1 atom stereocenters. The summed E-state index contributed by atoms with van der Waals surface area (Å²) in [6.07, 6.45) is 11.8. The standard InChI is InChI=1S/C21H26N6O/c1-13-18-10-16(11-22-19(18)26-25-13)24-21(28)15-7-8-27-17(9-15)12-23-20(27)14-5-3-2-4-6-14/h10-12,14-15H,2-9H2,1H3,(H,24,28)(H,22,25,26)/t15-/m0/s1. The van der Waals surface area contributed by atoms with Crippen LogP contribution in [0.15, 0.2) is 18.5 Å². The number of amides is 1. The van der Waals surface area contributed by atoms with Crippen molar-refractivity contribution in [3.8, 4) is 0 Å². The molecule has 3 aromatic heterocycles. The van der Waals surface area contributed by atoms with Crippen molar-refractivity contribution in [3.63, 3.8) is 0 Å². The van der Waals surface area contributed by atoms with E-state index in [1.54, 1.807) is 6.20 Å². The third kappa shape index (κ3) is 3.08. The van der Waals surface area contributed by atoms with Crippen molar-refractivity contribution in [3.05, 3.63) is 35.7 Å². The number of aryl methyl sites for hydroxylation is 1. The molecule has 7 heteroatoms. The van der Waals surface area contributed by atoms with Crippen LogP contribution in [0.2, 0.25) is 0 Å². The first kappa shape index (κ1) is 17.4. The summed E-state index contributed by atoms with van der Waals surface area (Å²) in [5, 5.41) is 11.1. The van der Waals surface area contributed by atoms with Gasteiger partial charge in [-0.15, -0.1) is 0 Å². The van der Waals surface area contributed by atoms with Crippen LogP contribution in [-0.2, 0) is 17.8 Å². The molecule has 2 N–H and O–H groups in total. The Morgan fingerprint density at radius 3 is 2.89 bits per heavy atom. The molecule has 7 nitrogen and oxygen atoms in total. The lowest BCUT2D eigenvalue weighted by atomic mass is 9.88. The van der Waals surface area contributed by atoms with Crippen molar-refractivity contribution in [1.29, 1.82) is 0 Å². The minimum Gasteiger partial charge on any atom is -0.332 e. The molecule has 1 amide bonds. The van der Waals surface area contributed by atoms with E-state index >= 15 is 0 Å². The Kier molecular flexibility index (Phi) is 4.37. The van der Waals surface area contributed by atoms with Gasteiger partial charge in [0, 0.05) is 47.8 Å². The molecule has 2 aliphatic rings. The van der Waals surface area contributed by atoms with Crippen LogP contribution >= 0.6 is 0 Å². The molecule has 0 saturated heterocycles. The first-order valence-electron chi connectivity index (χ1n) is 10.3. The van der Waals surface area contributed by atoms with Gasteiger partial charge in [0.05, 0.1) is 11.9 Å². The number of hydrogen-bond donors (Lipinski definition) is 2. The van der Waals surface area contributed by atoms with Gasteiger partial charge in [-0.25, -0.2) is 9.97 Å². The van der Waals surface area contributed by atoms with E-state index < -0.39 is 0 Å². The van der Waals surface area contributed by atoms with Crippen molar-refractivity contribution >= 4 is 22.6 Å². The van der Waals surface area contributed by atoms with Crippen LogP contribution in [0.5, 0.6) is 0 Å². The topological polar surface area (TPSA) is 88.5 Å². The maximum absolute atomic E-state index is 12.9. The molecule has 0 bridgehead atoms. The van der Waals surface area contributed by atoms with Crippen LogP contribution in [0.1, 0.15) is 61.7 Å². The van der Waals surface area contributed by atoms with Crippen molar-refractivity contribution in [1.82, 2.24) is 24.7 Å². The Bertz CT molecular complexity index is 1010. The normalized spacial score (nSPS) is 20.2. The van der Waals surface area contributed by atoms with E-state index in [0.29, 0.717) is 11.6 Å². The van der Waals surface area contributed by atoms with Gasteiger partial charge >= 0.3 is 0 Å². The zero-order valence-electron chi connectivity index (χ0n) is 16.2. The van der Waals surface area contributed by atoms with Gasteiger partial charge in [-0.05, 0) is 32.3 Å². The molecule has 0 unspecified atom stereocenters. The number of anilines is 1. The summed E-state index contributed by atoms with van der Waals surface area (Å²) in [5.41, 5.74) is 3.55. The van der Waals surface area contributed by atoms with Gasteiger partial charge in [0.25, 0.3) is 0 Å². The van der Waals surface area contributed by atoms with Crippen molar-refractivity contribution < 1.29 is 4.79 Å². The number of carbonyl (C=O) groups is 1. The maximum Gasteiger partial charge on any atom is 0.227 e. The van der Waals surface area contributed by atoms with Crippen LogP contribution in [0.3, 0.4) is 0 Å². The highest BCUT2D eigenvalue weighted by atomic mass is 16.1. The average molecular weight is 378 g/mol. The number of aromatic nitrogens is 5. The summed E-state index contributed by atoms with van der Waals surface area (Å²) < 4.78 is 2.38. The molecule has 1 saturated carbocycles. The van der Waals surface area contributed by atoms with Crippen LogP contribution in [0, 0.1) is 12.8 Å². The van der Waals surface area contributed by atoms with Gasteiger partial charge in [-0.1, -0.05) is 19.3 Å². The van der Waals surface area contributed by atoms with Crippen LogP contribution in [-0.4, -0.2) is 30.6 Å². The summed E-state index contributed by atoms with van der Waals surface area (Å²) in [4.78, 5) is 21.9. The van der Waals surface area contributed by atoms with E-state index in [2.05, 4.69) is 25.1 Å². The molecule has 1 aliphatic carbocycles. The molecule has 3 aromatic rings. The number of hydrogen-bond acceptors (Lipinski definition) is 4. The molecule has 0 spiro atoms. The van der Waals surface area contributed by atoms with E-state index in [1.165, 1.54) is 43.6 Å². The lowest BCUT2D eigenvalue weighted by molar-refractivity contribution is -0.120. The van der Waals surface area contributed by atoms with Gasteiger partial charge in [0.15, 0.2) is 5.65 Å². The molecule has 0 radical (unpaired) electrons. The van der Waals surface area contributed by atoms with E-state index in [4.69, 9.17) is 4.98 Å². The predicted molar refractivity (Wildman–Crippen MR) is 107 cm³/mol. The Labute approximate surface area is 164 Å². The Morgan fingerprint density at radius 2 is 2.04 bits per heavy atom. The van der Waals surface area contributed by atoms with E-state index in [1.807, 2.05) is 19.2 Å². The monoisotopic (exact) mass is 378 g/mol. The maximum atomic E-state index is 12.9. The largest absolute Gasteiger partial charge is 0.332 e. The smallest absolute Gasteiger partial charge is 0.227 e. The molecule has 1 aliphatic heterocycles. The lowest BCUT2D eigenvalue weighted by Crippen LogP contribution is -2.31. The lowest BCUT2D eigenvalue weighted by Gasteiger charge is -2.27. The van der Waals surface area contributed by atoms with Gasteiger partial charge in [-0.3, -0.25) is 9.89 Å². The Balaban J connectivity index is 1.29. The van der Waals surface area contributed by atoms with Crippen LogP contribution in [0.4, 0.5) is 5.69 Å². The fraction of sp³-hybridized carbons (Fsp3) is 0.524. The SMILES string of the molecule is Cc1[nH]nc2ncc(NC(=O)[C@H]3CCn4c(cnc4C4CCCCC4)C3)cc12. The molecular weight excluding hydrogens is 352 g/mol. The molecule has 0 aromatic carbocycles. The molecule has 5 rings (SSSR count). The highest BCUT2D eigenvalue weighted by molar-refractivity contribution is 5.94. The second-order valence-electron chi connectivity index (χ2n) is 8.22. The number of imidazole rings is 1. The minimum absolute atomic E-state index is 0.0236. The summed E-state index contributed by atoms with van der Waals surface area (Å²) in [6, 6.07) is 1.94. The zero-order chi connectivity index (χ0) is 19.1. The molecule has 4 heterocycles. The average Bonchev–Trinajstić information content (AvgIpc) is 3.32. The van der Waals surface area contributed by atoms with Gasteiger partial charge in [0.1, 0.15) is 5.82 Å². The molecule has 1 fully saturated rings. The number of H-pyrrole nitrogens is 1. The fourth-order valence-electron chi connectivity index (χ4n) is 4.73. The van der Waals surface area contributed by atoms with Crippen molar-refractivity contribution in [2.75, 3.05) is 5.32 Å². The fourth-order valence-corrected chi connectivity index (χ4v) is 4.73. The predicted octanol–water partition coefficient (Wildman–Crippen LogP) is 3.71. The van der Waals surface area contributed by atoms with Gasteiger partial charge in [-0.2, -0.15) is 5.10 Å². The van der Waals surface area contributed by atoms with Crippen molar-refractivity contribution in [2.24, 2.45) is 5.92 Å². The van der Waals surface area contributed by atoms with E-state index in [0.717, 1.165) is 36.2 Å². The molecular formula is C21H26N6O. The van der Waals surface area contributed by atoms with Crippen molar-refractivity contribution in [2.45, 2.75) is 64.3 Å². The summed E-state index contributed by atoms with van der Waals surface area (Å²) >= 11 is 0. The Hall–Kier alpha value is -2.70. The molecule has 28 heavy (non-hydrogen) atoms. The quantitative estimate of drug-likeness (QED) is 0.727. The summed E-state index contributed by atoms with van der Waals surface area (Å²) in [5.74, 6) is 1.89. The number of aromatic amines is 1. The molecule has 146 valence electrons. The van der Waals surface area contributed by atoms with Gasteiger partial charge < -0.3 is 9.88 Å². The minimum atomic E-state index is -0.0236. The summed E-state index contributed by atoms with van der Waals surface area (Å²) in [7, 11) is 0. The van der Waals surface area contributed by atoms with E-state index in [9.17, 15) is 4.79 Å². The number of fused-ring (bicyclic) bond motifs is 2. The number of rotatable bonds is 3. The zero-order valence-corrected chi connectivity index (χ0v) is 16.2. The first-order valence-corrected chi connectivity index (χ1v) is 10.3.